The third kappa shape index (κ3) is 36.9. The van der Waals surface area contributed by atoms with Crippen molar-refractivity contribution >= 4 is 23.6 Å². The van der Waals surface area contributed by atoms with Crippen LogP contribution in [0.5, 0.6) is 0 Å². The fourth-order valence-electron chi connectivity index (χ4n) is 19.5. The van der Waals surface area contributed by atoms with Gasteiger partial charge in [0, 0.05) is 27.2 Å². The molecule has 16 unspecified atom stereocenters. The van der Waals surface area contributed by atoms with Gasteiger partial charge in [0.1, 0.15) is 195 Å². The molecule has 0 aromatic carbocycles. The van der Waals surface area contributed by atoms with Crippen LogP contribution in [0.4, 0.5) is 0 Å². The smallest absolute Gasteiger partial charge is 0.220 e. The van der Waals surface area contributed by atoms with Crippen molar-refractivity contribution < 1.29 is 212 Å². The van der Waals surface area contributed by atoms with Gasteiger partial charge >= 0.3 is 0 Å². The molecule has 0 spiro atoms. The van der Waals surface area contributed by atoms with E-state index in [1.165, 1.54) is 148 Å². The number of aliphatic hydroxyl groups excluding tert-OH is 23. The molecule has 27 N–H and O–H groups in total. The number of rotatable bonds is 65. The highest BCUT2D eigenvalue weighted by atomic mass is 16.8. The molecule has 42 atom stereocenters. The molecule has 4 amide bonds. The molecule has 8 aliphatic heterocycles. The molecule has 0 aromatic rings. The number of aliphatic hydroxyl groups is 23. The molecule has 0 radical (unpaired) electrons. The van der Waals surface area contributed by atoms with Crippen molar-refractivity contribution in [3.8, 4) is 0 Å². The van der Waals surface area contributed by atoms with Crippen LogP contribution in [-0.4, -0.2) is 458 Å². The van der Waals surface area contributed by atoms with Crippen LogP contribution >= 0.6 is 0 Å². The van der Waals surface area contributed by atoms with Crippen LogP contribution in [0.3, 0.4) is 0 Å². The van der Waals surface area contributed by atoms with Crippen molar-refractivity contribution in [3.63, 3.8) is 0 Å². The second kappa shape index (κ2) is 65.5. The molecule has 834 valence electrons. The summed E-state index contributed by atoms with van der Waals surface area (Å²) in [5.74, 6) is -3.08. The van der Waals surface area contributed by atoms with E-state index in [2.05, 4.69) is 35.1 Å². The van der Waals surface area contributed by atoms with Gasteiger partial charge in [0.05, 0.1) is 71.6 Å². The minimum absolute atomic E-state index is 0.154. The van der Waals surface area contributed by atoms with Crippen LogP contribution in [0.1, 0.15) is 253 Å². The Kier molecular flexibility index (Phi) is 56.9. The Morgan fingerprint density at radius 1 is 0.273 bits per heavy atom. The van der Waals surface area contributed by atoms with E-state index in [1.54, 1.807) is 6.08 Å². The molecule has 0 aromatic heterocycles. The number of hydrogen-bond donors (Lipinski definition) is 27. The van der Waals surface area contributed by atoms with E-state index in [0.29, 0.717) is 12.8 Å². The van der Waals surface area contributed by atoms with Crippen LogP contribution < -0.4 is 21.3 Å². The normalized spacial score (nSPS) is 38.2. The Bertz CT molecular complexity index is 3510. The largest absolute Gasteiger partial charge is 0.394 e. The molecule has 47 nitrogen and oxygen atoms in total. The number of hydrogen-bond acceptors (Lipinski definition) is 43. The van der Waals surface area contributed by atoms with Crippen molar-refractivity contribution in [2.45, 2.75) is 511 Å². The Labute approximate surface area is 836 Å². The summed E-state index contributed by atoms with van der Waals surface area (Å²) in [5, 5.41) is 270. The summed E-state index contributed by atoms with van der Waals surface area (Å²) >= 11 is 0. The second-order valence-corrected chi connectivity index (χ2v) is 39.1. The number of nitrogens with one attached hydrogen (secondary N) is 4. The predicted octanol–water partition coefficient (Wildman–Crippen LogP) is -4.29. The summed E-state index contributed by atoms with van der Waals surface area (Å²) in [6.45, 7) is -1.55. The molecule has 8 aliphatic rings. The highest BCUT2D eigenvalue weighted by molar-refractivity contribution is 5.76. The van der Waals surface area contributed by atoms with Crippen LogP contribution in [-0.2, 0) is 95.0 Å². The first-order valence-electron chi connectivity index (χ1n) is 52.0. The highest BCUT2D eigenvalue weighted by Crippen LogP contribution is 2.41. The average molecular weight is 2070 g/mol. The molecular formula is C96H172N4O43. The molecule has 47 heteroatoms. The van der Waals surface area contributed by atoms with Crippen molar-refractivity contribution in [1.29, 1.82) is 0 Å². The minimum Gasteiger partial charge on any atom is -0.394 e. The van der Waals surface area contributed by atoms with E-state index in [9.17, 15) is 137 Å². The summed E-state index contributed by atoms with van der Waals surface area (Å²) in [6.07, 6.45) is -33.0. The molecule has 0 bridgehead atoms. The molecule has 143 heavy (non-hydrogen) atoms. The van der Waals surface area contributed by atoms with Gasteiger partial charge in [-0.25, -0.2) is 0 Å². The van der Waals surface area contributed by atoms with Gasteiger partial charge in [-0.05, 0) is 19.3 Å². The molecule has 8 heterocycles. The molecular weight excluding hydrogens is 1900 g/mol. The topological polar surface area (TPSA) is 729 Å². The standard InChI is InChI=1S/C96H172N4O43/c1-6-8-10-12-14-16-18-20-21-22-23-24-25-26-27-29-31-33-35-37-39-41-64(113)100-54(55(112)40-38-36-34-32-30-28-19-17-15-13-11-9-7-2)50-128-92-78(124)76(122)85(63(49-108)136-92)140-96-81(127)88(71(117)59(45-104)132-96)143-91-67(99-53(5)111)74(120)84(62(48-107)135-91)139-95-80(126)87(70(116)58(44-103)131-95)142-90-66(98-52(4)110)73(119)83(61(47-106)134-90)138-94-79(125)86(69(115)57(43-102)130-94)141-89-65(97-51(3)109)72(118)82(60(46-105)133-89)137-93-77(123)75(121)68(114)56(42-101)129-93/h38,40,54-63,65-96,101-108,112,114-127H,6-37,39,41-50H2,1-5H3,(H,97,109)(H,98,110)(H,99,111)(H,100,113)/b40-38+/t54-,55+,56?,57?,58?,59?,60?,61?,62?,63?,65?,66?,67?,68-,69-,70-,71-,72+,73+,74+,75-,76+,77?,78?,79?,80?,81?,82+,83+,84+,85+,86-,87-,88-,89-,90-,91-,92+,93-,94-,95-,96-/m0/s1. The van der Waals surface area contributed by atoms with E-state index in [-0.39, 0.29) is 12.3 Å². The van der Waals surface area contributed by atoms with Gasteiger partial charge in [0.15, 0.2) is 50.3 Å². The van der Waals surface area contributed by atoms with E-state index in [1.807, 2.05) is 6.08 Å². The van der Waals surface area contributed by atoms with Gasteiger partial charge in [-0.1, -0.05) is 219 Å². The first kappa shape index (κ1) is 124. The quantitative estimate of drug-likeness (QED) is 0.0202. The Hall–Kier alpha value is -3.94. The van der Waals surface area contributed by atoms with E-state index >= 15 is 0 Å². The number of carbonyl (C=O) groups excluding carboxylic acids is 4. The van der Waals surface area contributed by atoms with Gasteiger partial charge in [0.25, 0.3) is 0 Å². The maximum atomic E-state index is 13.7. The highest BCUT2D eigenvalue weighted by Gasteiger charge is 2.61. The van der Waals surface area contributed by atoms with Gasteiger partial charge in [-0.3, -0.25) is 19.2 Å². The predicted molar refractivity (Wildman–Crippen MR) is 498 cm³/mol. The summed E-state index contributed by atoms with van der Waals surface area (Å²) in [5.41, 5.74) is 0. The monoisotopic (exact) mass is 2070 g/mol. The van der Waals surface area contributed by atoms with Gasteiger partial charge in [0.2, 0.25) is 23.6 Å². The van der Waals surface area contributed by atoms with Gasteiger partial charge in [-0.2, -0.15) is 0 Å². The van der Waals surface area contributed by atoms with Gasteiger partial charge < -0.3 is 215 Å². The Balaban J connectivity index is 0.885. The van der Waals surface area contributed by atoms with Crippen molar-refractivity contribution in [2.75, 3.05) is 59.5 Å². The third-order valence-corrected chi connectivity index (χ3v) is 27.9. The fourth-order valence-corrected chi connectivity index (χ4v) is 19.5. The number of carbonyl (C=O) groups is 4. The maximum absolute atomic E-state index is 13.7. The number of amides is 4. The van der Waals surface area contributed by atoms with Crippen LogP contribution in [0.15, 0.2) is 12.2 Å². The lowest BCUT2D eigenvalue weighted by Gasteiger charge is -2.51. The number of ether oxygens (including phenoxy) is 16. The van der Waals surface area contributed by atoms with Gasteiger partial charge in [-0.15, -0.1) is 0 Å². The average Bonchev–Trinajstić information content (AvgIpc) is 0.763. The summed E-state index contributed by atoms with van der Waals surface area (Å²) in [4.78, 5) is 52.6. The summed E-state index contributed by atoms with van der Waals surface area (Å²) in [7, 11) is 0. The molecule has 0 saturated carbocycles. The first-order valence-corrected chi connectivity index (χ1v) is 52.0. The van der Waals surface area contributed by atoms with E-state index < -0.39 is 335 Å². The van der Waals surface area contributed by atoms with Crippen molar-refractivity contribution in [3.05, 3.63) is 12.2 Å². The lowest BCUT2D eigenvalue weighted by molar-refractivity contribution is -0.389. The van der Waals surface area contributed by atoms with E-state index in [4.69, 9.17) is 75.8 Å². The number of unbranched alkanes of at least 4 members (excludes halogenated alkanes) is 31. The maximum Gasteiger partial charge on any atom is 0.220 e. The first-order chi connectivity index (χ1) is 68.7. The molecule has 0 aliphatic carbocycles. The zero-order chi connectivity index (χ0) is 105. The van der Waals surface area contributed by atoms with E-state index in [0.717, 1.165) is 72.1 Å². The van der Waals surface area contributed by atoms with Crippen molar-refractivity contribution in [1.82, 2.24) is 21.3 Å². The summed E-state index contributed by atoms with van der Waals surface area (Å²) < 4.78 is 95.2. The summed E-state index contributed by atoms with van der Waals surface area (Å²) in [6, 6.07) is -6.74. The van der Waals surface area contributed by atoms with Crippen molar-refractivity contribution in [2.24, 2.45) is 0 Å². The molecule has 8 saturated heterocycles. The number of allylic oxidation sites excluding steroid dienone is 1. The van der Waals surface area contributed by atoms with Crippen LogP contribution in [0, 0.1) is 0 Å². The Morgan fingerprint density at radius 2 is 0.517 bits per heavy atom. The lowest BCUT2D eigenvalue weighted by atomic mass is 9.93. The fraction of sp³-hybridized carbons (Fsp3) is 0.938. The zero-order valence-electron chi connectivity index (χ0n) is 83.3. The SMILES string of the molecule is CCCCCCCCCCCCC/C=C/[C@@H](O)[C@H](CO[C@@H]1OC(CO)[C@@H](O[C@@H]2OC(CO)[C@H](O)[C@H](O[C@@H]3OC(CO)[C@@H](O[C@@H]4OC(CO)[C@H](O)[C@H](O[C@@H]5OC(CO)[C@@H](O[C@@H]6OC(CO)[C@H](O)[C@H](O[C@@H]7OC(CO)[C@@H](O[C@@H]8OC(CO)[C@H](O)[C@H](O)C8O)[C@H](O)C7NC(C)=O)C6O)[C@H](O)C5NC(C)=O)C4O)[C@H](O)C3NC(C)=O)C2O)[C@H](O)C1O)NC(=O)CCCCCCCCCCCCCCCCCCCCCCC. The van der Waals surface area contributed by atoms with Crippen LogP contribution in [0.25, 0.3) is 0 Å². The zero-order valence-corrected chi connectivity index (χ0v) is 83.3. The molecule has 8 rings (SSSR count). The lowest BCUT2D eigenvalue weighted by Crippen LogP contribution is -2.71. The Morgan fingerprint density at radius 3 is 0.811 bits per heavy atom. The minimum atomic E-state index is -2.35. The van der Waals surface area contributed by atoms with Crippen LogP contribution in [0.2, 0.25) is 0 Å². The second-order valence-electron chi connectivity index (χ2n) is 39.1. The third-order valence-electron chi connectivity index (χ3n) is 27.9. The molecule has 8 fully saturated rings.